The summed E-state index contributed by atoms with van der Waals surface area (Å²) in [5, 5.41) is 3.40. The number of allylic oxidation sites excluding steroid dienone is 1. The van der Waals surface area contributed by atoms with E-state index in [1.165, 1.54) is 0 Å². The quantitative estimate of drug-likeness (QED) is 0.734. The third kappa shape index (κ3) is 4.67. The molecule has 0 aromatic carbocycles. The molecule has 0 spiro atoms. The Labute approximate surface area is 98.3 Å². The van der Waals surface area contributed by atoms with Crippen molar-refractivity contribution in [3.05, 3.63) is 12.2 Å². The second kappa shape index (κ2) is 6.85. The first kappa shape index (κ1) is 14.5. The molecule has 1 heterocycles. The van der Waals surface area contributed by atoms with Gasteiger partial charge in [-0.3, -0.25) is 4.79 Å². The number of amides is 1. The lowest BCUT2D eigenvalue weighted by molar-refractivity contribution is -0.127. The van der Waals surface area contributed by atoms with Crippen LogP contribution in [-0.2, 0) is 4.79 Å². The van der Waals surface area contributed by atoms with Gasteiger partial charge >= 0.3 is 0 Å². The van der Waals surface area contributed by atoms with Crippen LogP contribution in [0.15, 0.2) is 12.2 Å². The minimum absolute atomic E-state index is 0. The summed E-state index contributed by atoms with van der Waals surface area (Å²) in [5.41, 5.74) is 0. The SMILES string of the molecule is CCC=CC(=O)N1CC(C)NC(C)C1.Cl. The van der Waals surface area contributed by atoms with Crippen molar-refractivity contribution in [2.24, 2.45) is 0 Å². The fraction of sp³-hybridized carbons (Fsp3) is 0.727. The third-order valence-electron chi connectivity index (χ3n) is 2.37. The van der Waals surface area contributed by atoms with Gasteiger partial charge in [0.25, 0.3) is 0 Å². The molecule has 1 rings (SSSR count). The van der Waals surface area contributed by atoms with Gasteiger partial charge < -0.3 is 10.2 Å². The highest BCUT2D eigenvalue weighted by Gasteiger charge is 2.22. The van der Waals surface area contributed by atoms with Crippen LogP contribution in [0.4, 0.5) is 0 Å². The average Bonchev–Trinajstić information content (AvgIpc) is 2.12. The van der Waals surface area contributed by atoms with E-state index in [9.17, 15) is 4.79 Å². The van der Waals surface area contributed by atoms with Gasteiger partial charge in [-0.2, -0.15) is 0 Å². The summed E-state index contributed by atoms with van der Waals surface area (Å²) in [7, 11) is 0. The molecule has 3 nitrogen and oxygen atoms in total. The second-order valence-corrected chi connectivity index (χ2v) is 4.02. The van der Waals surface area contributed by atoms with Gasteiger partial charge in [0, 0.05) is 25.2 Å². The fourth-order valence-electron chi connectivity index (χ4n) is 1.83. The zero-order valence-electron chi connectivity index (χ0n) is 9.69. The number of halogens is 1. The van der Waals surface area contributed by atoms with Crippen LogP contribution >= 0.6 is 12.4 Å². The van der Waals surface area contributed by atoms with Crippen molar-refractivity contribution in [1.82, 2.24) is 10.2 Å². The predicted molar refractivity (Wildman–Crippen MR) is 65.3 cm³/mol. The summed E-state index contributed by atoms with van der Waals surface area (Å²) in [6.45, 7) is 7.89. The Hall–Kier alpha value is -0.540. The number of hydrogen-bond acceptors (Lipinski definition) is 2. The molecule has 2 atom stereocenters. The van der Waals surface area contributed by atoms with E-state index in [1.54, 1.807) is 6.08 Å². The molecule has 1 saturated heterocycles. The van der Waals surface area contributed by atoms with E-state index < -0.39 is 0 Å². The number of nitrogens with zero attached hydrogens (tertiary/aromatic N) is 1. The molecular weight excluding hydrogens is 212 g/mol. The summed E-state index contributed by atoms with van der Waals surface area (Å²) in [6.07, 6.45) is 4.52. The van der Waals surface area contributed by atoms with Crippen LogP contribution in [0.5, 0.6) is 0 Å². The Bertz CT molecular complexity index is 221. The number of carbonyl (C=O) groups is 1. The minimum atomic E-state index is 0. The highest BCUT2D eigenvalue weighted by atomic mass is 35.5. The first-order valence-corrected chi connectivity index (χ1v) is 5.35. The third-order valence-corrected chi connectivity index (χ3v) is 2.37. The van der Waals surface area contributed by atoms with Crippen molar-refractivity contribution in [1.29, 1.82) is 0 Å². The Morgan fingerprint density at radius 1 is 1.40 bits per heavy atom. The molecule has 4 heteroatoms. The van der Waals surface area contributed by atoms with E-state index >= 15 is 0 Å². The molecule has 1 amide bonds. The van der Waals surface area contributed by atoms with Crippen molar-refractivity contribution in [2.75, 3.05) is 13.1 Å². The Morgan fingerprint density at radius 2 is 1.93 bits per heavy atom. The molecule has 88 valence electrons. The Morgan fingerprint density at radius 3 is 2.40 bits per heavy atom. The van der Waals surface area contributed by atoms with Gasteiger partial charge in [0.2, 0.25) is 5.91 Å². The fourth-order valence-corrected chi connectivity index (χ4v) is 1.83. The molecule has 0 bridgehead atoms. The number of rotatable bonds is 2. The molecule has 0 aromatic rings. The van der Waals surface area contributed by atoms with Gasteiger partial charge in [0.1, 0.15) is 0 Å². The second-order valence-electron chi connectivity index (χ2n) is 4.02. The van der Waals surface area contributed by atoms with Gasteiger partial charge in [-0.1, -0.05) is 13.0 Å². The smallest absolute Gasteiger partial charge is 0.246 e. The van der Waals surface area contributed by atoms with E-state index in [4.69, 9.17) is 0 Å². The van der Waals surface area contributed by atoms with E-state index in [-0.39, 0.29) is 18.3 Å². The highest BCUT2D eigenvalue weighted by molar-refractivity contribution is 5.87. The highest BCUT2D eigenvalue weighted by Crippen LogP contribution is 2.04. The molecule has 0 saturated carbocycles. The zero-order chi connectivity index (χ0) is 10.6. The molecular formula is C11H21ClN2O. The summed E-state index contributed by atoms with van der Waals surface area (Å²) in [4.78, 5) is 13.6. The van der Waals surface area contributed by atoms with E-state index in [0.717, 1.165) is 19.5 Å². The van der Waals surface area contributed by atoms with Gasteiger partial charge in [-0.25, -0.2) is 0 Å². The molecule has 15 heavy (non-hydrogen) atoms. The standard InChI is InChI=1S/C11H20N2O.ClH/c1-4-5-6-11(14)13-7-9(2)12-10(3)8-13;/h5-6,9-10,12H,4,7-8H2,1-3H3;1H. The molecule has 1 aliphatic heterocycles. The van der Waals surface area contributed by atoms with Crippen molar-refractivity contribution in [2.45, 2.75) is 39.3 Å². The minimum Gasteiger partial charge on any atom is -0.336 e. The summed E-state index contributed by atoms with van der Waals surface area (Å²) >= 11 is 0. The van der Waals surface area contributed by atoms with Gasteiger partial charge in [-0.05, 0) is 26.3 Å². The van der Waals surface area contributed by atoms with Crippen LogP contribution in [0.25, 0.3) is 0 Å². The number of carbonyl (C=O) groups excluding carboxylic acids is 1. The first-order chi connectivity index (χ1) is 6.63. The van der Waals surface area contributed by atoms with Crippen LogP contribution in [0.1, 0.15) is 27.2 Å². The topological polar surface area (TPSA) is 32.3 Å². The predicted octanol–water partition coefficient (Wildman–Crippen LogP) is 1.58. The van der Waals surface area contributed by atoms with Crippen molar-refractivity contribution >= 4 is 18.3 Å². The van der Waals surface area contributed by atoms with Crippen LogP contribution in [0.2, 0.25) is 0 Å². The Kier molecular flexibility index (Phi) is 6.61. The van der Waals surface area contributed by atoms with Crippen LogP contribution in [-0.4, -0.2) is 36.0 Å². The van der Waals surface area contributed by atoms with Gasteiger partial charge in [0.15, 0.2) is 0 Å². The lowest BCUT2D eigenvalue weighted by atomic mass is 10.1. The van der Waals surface area contributed by atoms with E-state index in [1.807, 2.05) is 17.9 Å². The molecule has 2 unspecified atom stereocenters. The summed E-state index contributed by atoms with van der Waals surface area (Å²) in [6, 6.07) is 0.801. The van der Waals surface area contributed by atoms with E-state index in [0.29, 0.717) is 12.1 Å². The average molecular weight is 233 g/mol. The molecule has 1 fully saturated rings. The molecule has 1 aliphatic rings. The molecule has 1 N–H and O–H groups in total. The Balaban J connectivity index is 0.00000196. The number of hydrogen-bond donors (Lipinski definition) is 1. The lowest BCUT2D eigenvalue weighted by Gasteiger charge is -2.35. The molecule has 0 aromatic heterocycles. The van der Waals surface area contributed by atoms with Crippen molar-refractivity contribution in [3.63, 3.8) is 0 Å². The zero-order valence-corrected chi connectivity index (χ0v) is 10.5. The largest absolute Gasteiger partial charge is 0.336 e. The summed E-state index contributed by atoms with van der Waals surface area (Å²) in [5.74, 6) is 0.145. The number of piperazine rings is 1. The monoisotopic (exact) mass is 232 g/mol. The van der Waals surface area contributed by atoms with Crippen LogP contribution in [0.3, 0.4) is 0 Å². The first-order valence-electron chi connectivity index (χ1n) is 5.35. The molecule has 0 aliphatic carbocycles. The number of nitrogens with one attached hydrogen (secondary N) is 1. The molecule has 0 radical (unpaired) electrons. The van der Waals surface area contributed by atoms with E-state index in [2.05, 4.69) is 19.2 Å². The van der Waals surface area contributed by atoms with Crippen molar-refractivity contribution in [3.8, 4) is 0 Å². The van der Waals surface area contributed by atoms with Crippen LogP contribution in [0, 0.1) is 0 Å². The van der Waals surface area contributed by atoms with Crippen molar-refractivity contribution < 1.29 is 4.79 Å². The summed E-state index contributed by atoms with van der Waals surface area (Å²) < 4.78 is 0. The maximum absolute atomic E-state index is 11.7. The normalized spacial score (nSPS) is 26.5. The maximum atomic E-state index is 11.7. The van der Waals surface area contributed by atoms with Crippen LogP contribution < -0.4 is 5.32 Å². The maximum Gasteiger partial charge on any atom is 0.246 e. The lowest BCUT2D eigenvalue weighted by Crippen LogP contribution is -2.55. The van der Waals surface area contributed by atoms with Gasteiger partial charge in [-0.15, -0.1) is 12.4 Å². The van der Waals surface area contributed by atoms with Gasteiger partial charge in [0.05, 0.1) is 0 Å².